The fourth-order valence-corrected chi connectivity index (χ4v) is 11.0. The third kappa shape index (κ3) is 7.19. The van der Waals surface area contributed by atoms with Crippen LogP contribution in [0.3, 0.4) is 0 Å². The number of aromatic amines is 2. The number of carbonyl (C=O) groups excluding carboxylic acids is 4. The number of hydrogen-bond acceptors (Lipinski definition) is 8. The van der Waals surface area contributed by atoms with E-state index in [4.69, 9.17) is 19.4 Å². The minimum atomic E-state index is -3.29. The number of ether oxygens (including phenoxy) is 2. The van der Waals surface area contributed by atoms with Crippen molar-refractivity contribution in [3.05, 3.63) is 83.6 Å². The average molecular weight is 889 g/mol. The molecular formula is C49H54F2N8O6. The number of alkyl halides is 2. The number of rotatable bonds is 10. The Kier molecular flexibility index (Phi) is 10.3. The summed E-state index contributed by atoms with van der Waals surface area (Å²) >= 11 is 0. The fourth-order valence-electron chi connectivity index (χ4n) is 11.0. The monoisotopic (exact) mass is 888 g/mol. The lowest BCUT2D eigenvalue weighted by Gasteiger charge is -2.37. The van der Waals surface area contributed by atoms with Gasteiger partial charge in [0.25, 0.3) is 5.92 Å². The highest BCUT2D eigenvalue weighted by molar-refractivity contribution is 5.89. The van der Waals surface area contributed by atoms with E-state index in [1.54, 1.807) is 35.4 Å². The van der Waals surface area contributed by atoms with Crippen molar-refractivity contribution in [3.8, 4) is 33.5 Å². The molecule has 65 heavy (non-hydrogen) atoms. The molecule has 5 aromatic rings. The van der Waals surface area contributed by atoms with Gasteiger partial charge in [-0.3, -0.25) is 9.59 Å². The predicted molar refractivity (Wildman–Crippen MR) is 237 cm³/mol. The number of piperidine rings is 1. The lowest BCUT2D eigenvalue weighted by atomic mass is 9.95. The third-order valence-electron chi connectivity index (χ3n) is 14.7. The summed E-state index contributed by atoms with van der Waals surface area (Å²) in [6.45, 7) is 8.08. The molecule has 14 nitrogen and oxygen atoms in total. The number of fused-ring (bicyclic) bond motifs is 6. The van der Waals surface area contributed by atoms with Crippen LogP contribution in [0.1, 0.15) is 101 Å². The molecule has 1 spiro atoms. The first-order chi connectivity index (χ1) is 31.1. The second-order valence-electron chi connectivity index (χ2n) is 19.4. The van der Waals surface area contributed by atoms with E-state index in [1.165, 1.54) is 20.3 Å². The molecule has 340 valence electrons. The van der Waals surface area contributed by atoms with Gasteiger partial charge in [0.05, 0.1) is 43.0 Å². The second kappa shape index (κ2) is 15.7. The molecule has 4 heterocycles. The van der Waals surface area contributed by atoms with Crippen LogP contribution in [0.2, 0.25) is 0 Å². The molecule has 6 atom stereocenters. The molecule has 3 aromatic carbocycles. The molecule has 2 saturated carbocycles. The van der Waals surface area contributed by atoms with Crippen LogP contribution in [0.5, 0.6) is 0 Å². The molecular weight excluding hydrogens is 835 g/mol. The fraction of sp³-hybridized carbons (Fsp3) is 0.469. The summed E-state index contributed by atoms with van der Waals surface area (Å²) in [5.74, 6) is -2.54. The minimum absolute atomic E-state index is 0.0102. The summed E-state index contributed by atoms with van der Waals surface area (Å²) in [6, 6.07) is 13.8. The smallest absolute Gasteiger partial charge is 0.407 e. The Morgan fingerprint density at radius 2 is 1.40 bits per heavy atom. The van der Waals surface area contributed by atoms with Crippen LogP contribution in [-0.4, -0.2) is 92.6 Å². The number of halogens is 2. The van der Waals surface area contributed by atoms with Crippen LogP contribution >= 0.6 is 0 Å². The van der Waals surface area contributed by atoms with E-state index >= 15 is 8.78 Å². The molecule has 0 radical (unpaired) electrons. The third-order valence-corrected chi connectivity index (χ3v) is 14.7. The summed E-state index contributed by atoms with van der Waals surface area (Å²) < 4.78 is 43.0. The van der Waals surface area contributed by atoms with E-state index < -0.39 is 30.2 Å². The molecule has 1 unspecified atom stereocenters. The quantitative estimate of drug-likeness (QED) is 0.108. The molecule has 16 heteroatoms. The zero-order valence-electron chi connectivity index (χ0n) is 37.3. The Hall–Kier alpha value is -6.32. The summed E-state index contributed by atoms with van der Waals surface area (Å²) in [5.41, 5.74) is 4.57. The van der Waals surface area contributed by atoms with Gasteiger partial charge in [-0.15, -0.1) is 0 Å². The number of benzene rings is 3. The van der Waals surface area contributed by atoms with Crippen molar-refractivity contribution >= 4 is 35.0 Å². The minimum Gasteiger partial charge on any atom is -0.453 e. The van der Waals surface area contributed by atoms with Gasteiger partial charge in [-0.2, -0.15) is 8.78 Å². The van der Waals surface area contributed by atoms with Crippen molar-refractivity contribution in [3.63, 3.8) is 0 Å². The average Bonchev–Trinajstić information content (AvgIpc) is 3.95. The SMILES string of the molecule is COC(=O)NC(C(=O)N1CC2(CC2)C[C@H]1c1nc(-c2ccc3c(c2)C(F)(F)c2cc(-c4ccc5nc([C@@H]6[C@H]7CC[C@H](C7)N6C(=O)[C@@H](NC(=O)OC)C(C)C)[nH]c5c4)ccc2-3)c[nH]1)C(C)C. The van der Waals surface area contributed by atoms with E-state index in [1.807, 2.05) is 56.9 Å². The van der Waals surface area contributed by atoms with Crippen LogP contribution in [0.25, 0.3) is 44.5 Å². The zero-order valence-corrected chi connectivity index (χ0v) is 37.3. The van der Waals surface area contributed by atoms with Crippen LogP contribution in [0, 0.1) is 23.2 Å². The number of amides is 4. The summed E-state index contributed by atoms with van der Waals surface area (Å²) in [5, 5.41) is 5.43. The molecule has 2 saturated heterocycles. The van der Waals surface area contributed by atoms with Gasteiger partial charge in [0.2, 0.25) is 11.8 Å². The van der Waals surface area contributed by atoms with Crippen molar-refractivity contribution in [1.82, 2.24) is 40.4 Å². The first-order valence-electron chi connectivity index (χ1n) is 22.6. The van der Waals surface area contributed by atoms with Gasteiger partial charge < -0.3 is 39.9 Å². The van der Waals surface area contributed by atoms with Gasteiger partial charge in [-0.1, -0.05) is 58.0 Å². The van der Waals surface area contributed by atoms with Gasteiger partial charge in [0.1, 0.15) is 23.7 Å². The first-order valence-corrected chi connectivity index (χ1v) is 22.6. The van der Waals surface area contributed by atoms with Crippen LogP contribution in [-0.2, 0) is 25.0 Å². The largest absolute Gasteiger partial charge is 0.453 e. The Balaban J connectivity index is 0.896. The lowest BCUT2D eigenvalue weighted by molar-refractivity contribution is -0.139. The molecule has 4 fully saturated rings. The summed E-state index contributed by atoms with van der Waals surface area (Å²) in [6.07, 6.45) is 5.82. The number of imidazole rings is 2. The molecule has 4 N–H and O–H groups in total. The van der Waals surface area contributed by atoms with Crippen LogP contribution < -0.4 is 10.6 Å². The molecule has 5 aliphatic rings. The van der Waals surface area contributed by atoms with Crippen molar-refractivity contribution < 1.29 is 37.4 Å². The second-order valence-corrected chi connectivity index (χ2v) is 19.4. The maximum atomic E-state index is 16.7. The Morgan fingerprint density at radius 3 is 2.05 bits per heavy atom. The molecule has 2 aliphatic heterocycles. The highest BCUT2D eigenvalue weighted by Gasteiger charge is 2.56. The molecule has 3 aliphatic carbocycles. The van der Waals surface area contributed by atoms with E-state index in [9.17, 15) is 19.2 Å². The predicted octanol–water partition coefficient (Wildman–Crippen LogP) is 8.61. The standard InChI is InChI=1S/C49H54F2N8O6/c1-24(2)39(56-46(62)64-5)44(60)58-23-48(15-16-48)21-38(58)42-52-22-37(55-42)28-9-13-32-31-12-8-26(18-33(31)49(50,51)34(32)19-28)27-10-14-35-36(20-27)54-43(53-35)41-29-7-11-30(17-29)59(41)45(61)40(25(3)4)57-47(63)65-6/h8-10,12-14,18-20,22,24-25,29-30,38-41H,7,11,15-17,21,23H2,1-6H3,(H,52,55)(H,53,54)(H,56,62)(H,57,63)/t29-,30+,38-,39?,40-,41-/m0/s1. The van der Waals surface area contributed by atoms with Gasteiger partial charge in [-0.25, -0.2) is 19.6 Å². The molecule has 10 rings (SSSR count). The Morgan fingerprint density at radius 1 is 0.785 bits per heavy atom. The van der Waals surface area contributed by atoms with Crippen LogP contribution in [0.15, 0.2) is 60.8 Å². The van der Waals surface area contributed by atoms with Gasteiger partial charge >= 0.3 is 12.2 Å². The number of alkyl carbamates (subject to hydrolysis) is 2. The Labute approximate surface area is 375 Å². The number of hydrogen-bond donors (Lipinski definition) is 4. The van der Waals surface area contributed by atoms with E-state index in [-0.39, 0.29) is 64.2 Å². The van der Waals surface area contributed by atoms with E-state index in [2.05, 4.69) is 20.6 Å². The first kappa shape index (κ1) is 42.6. The van der Waals surface area contributed by atoms with Crippen molar-refractivity contribution in [2.24, 2.45) is 23.2 Å². The van der Waals surface area contributed by atoms with E-state index in [0.29, 0.717) is 51.7 Å². The van der Waals surface area contributed by atoms with Crippen molar-refractivity contribution in [1.29, 1.82) is 0 Å². The molecule has 2 aromatic heterocycles. The van der Waals surface area contributed by atoms with Crippen molar-refractivity contribution in [2.45, 2.75) is 102 Å². The molecule has 4 amide bonds. The van der Waals surface area contributed by atoms with Gasteiger partial charge in [0.15, 0.2) is 0 Å². The normalized spacial score (nSPS) is 22.9. The highest BCUT2D eigenvalue weighted by Crippen LogP contribution is 2.59. The van der Waals surface area contributed by atoms with Crippen molar-refractivity contribution in [2.75, 3.05) is 20.8 Å². The maximum absolute atomic E-state index is 16.7. The Bertz CT molecular complexity index is 2740. The van der Waals surface area contributed by atoms with Crippen LogP contribution in [0.4, 0.5) is 18.4 Å². The van der Waals surface area contributed by atoms with Gasteiger partial charge in [0, 0.05) is 35.5 Å². The number of methoxy groups -OCH3 is 2. The molecule has 2 bridgehead atoms. The summed E-state index contributed by atoms with van der Waals surface area (Å²) in [4.78, 5) is 72.7. The zero-order chi connectivity index (χ0) is 45.7. The van der Waals surface area contributed by atoms with Gasteiger partial charge in [-0.05, 0) is 108 Å². The maximum Gasteiger partial charge on any atom is 0.407 e. The lowest BCUT2D eigenvalue weighted by Crippen LogP contribution is -2.54. The number of aromatic nitrogens is 4. The number of nitrogens with one attached hydrogen (secondary N) is 4. The number of carbonyl (C=O) groups is 4. The highest BCUT2D eigenvalue weighted by atomic mass is 19.3. The summed E-state index contributed by atoms with van der Waals surface area (Å²) in [7, 11) is 2.54. The number of nitrogens with zero attached hydrogens (tertiary/aromatic N) is 4. The number of H-pyrrole nitrogens is 2. The topological polar surface area (TPSA) is 175 Å². The number of likely N-dealkylation sites (tertiary alicyclic amines) is 2. The van der Waals surface area contributed by atoms with E-state index in [0.717, 1.165) is 49.6 Å².